The summed E-state index contributed by atoms with van der Waals surface area (Å²) >= 11 is 0. The maximum atomic E-state index is 11.4. The maximum Gasteiger partial charge on any atom is 0.335 e. The molecule has 1 atom stereocenters. The van der Waals surface area contributed by atoms with Crippen LogP contribution in [0, 0.1) is 5.92 Å². The van der Waals surface area contributed by atoms with E-state index in [4.69, 9.17) is 4.84 Å². The molecule has 1 heterocycles. The summed E-state index contributed by atoms with van der Waals surface area (Å²) in [5.41, 5.74) is 0. The van der Waals surface area contributed by atoms with Crippen molar-refractivity contribution in [2.24, 2.45) is 5.92 Å². The zero-order valence-corrected chi connectivity index (χ0v) is 8.80. The summed E-state index contributed by atoms with van der Waals surface area (Å²) < 4.78 is 0.703. The SMILES string of the molecule is CCCC(C)C(=O)On1c(O)ccc1O. The summed E-state index contributed by atoms with van der Waals surface area (Å²) in [5, 5.41) is 18.4. The second-order valence-electron chi connectivity index (χ2n) is 3.44. The van der Waals surface area contributed by atoms with Crippen molar-refractivity contribution in [3.8, 4) is 11.8 Å². The van der Waals surface area contributed by atoms with E-state index in [2.05, 4.69) is 0 Å². The zero-order valence-electron chi connectivity index (χ0n) is 8.80. The van der Waals surface area contributed by atoms with Crippen LogP contribution in [0.25, 0.3) is 0 Å². The van der Waals surface area contributed by atoms with Crippen LogP contribution >= 0.6 is 0 Å². The summed E-state index contributed by atoms with van der Waals surface area (Å²) in [4.78, 5) is 16.2. The van der Waals surface area contributed by atoms with Gasteiger partial charge >= 0.3 is 5.97 Å². The lowest BCUT2D eigenvalue weighted by Gasteiger charge is -2.11. The number of carbonyl (C=O) groups is 1. The van der Waals surface area contributed by atoms with Gasteiger partial charge in [0.15, 0.2) is 0 Å². The molecule has 1 aromatic heterocycles. The molecule has 5 nitrogen and oxygen atoms in total. The molecular weight excluding hydrogens is 198 g/mol. The zero-order chi connectivity index (χ0) is 11.4. The van der Waals surface area contributed by atoms with E-state index in [0.29, 0.717) is 11.2 Å². The van der Waals surface area contributed by atoms with Crippen LogP contribution < -0.4 is 4.84 Å². The molecule has 0 aliphatic rings. The number of hydrogen-bond donors (Lipinski definition) is 2. The van der Waals surface area contributed by atoms with Crippen LogP contribution in [0.15, 0.2) is 12.1 Å². The van der Waals surface area contributed by atoms with Gasteiger partial charge in [-0.05, 0) is 6.42 Å². The van der Waals surface area contributed by atoms with Crippen LogP contribution in [0.5, 0.6) is 11.8 Å². The normalized spacial score (nSPS) is 12.4. The highest BCUT2D eigenvalue weighted by molar-refractivity contribution is 5.72. The number of carbonyl (C=O) groups excluding carboxylic acids is 1. The molecule has 0 bridgehead atoms. The molecule has 0 saturated heterocycles. The van der Waals surface area contributed by atoms with Crippen molar-refractivity contribution < 1.29 is 19.8 Å². The van der Waals surface area contributed by atoms with Crippen LogP contribution in [0.1, 0.15) is 26.7 Å². The Kier molecular flexibility index (Phi) is 3.60. The Balaban J connectivity index is 2.66. The Morgan fingerprint density at radius 1 is 1.47 bits per heavy atom. The number of hydrogen-bond acceptors (Lipinski definition) is 4. The largest absolute Gasteiger partial charge is 0.492 e. The molecule has 2 N–H and O–H groups in total. The van der Waals surface area contributed by atoms with Gasteiger partial charge in [0.1, 0.15) is 0 Å². The fourth-order valence-electron chi connectivity index (χ4n) is 1.23. The van der Waals surface area contributed by atoms with Crippen molar-refractivity contribution in [2.75, 3.05) is 0 Å². The van der Waals surface area contributed by atoms with Crippen LogP contribution in [0.3, 0.4) is 0 Å². The van der Waals surface area contributed by atoms with Gasteiger partial charge in [-0.1, -0.05) is 20.3 Å². The topological polar surface area (TPSA) is 71.7 Å². The second-order valence-corrected chi connectivity index (χ2v) is 3.44. The molecule has 1 rings (SSSR count). The molecule has 1 unspecified atom stereocenters. The van der Waals surface area contributed by atoms with Crippen molar-refractivity contribution in [1.29, 1.82) is 0 Å². The first-order valence-electron chi connectivity index (χ1n) is 4.88. The Hall–Kier alpha value is -1.65. The van der Waals surface area contributed by atoms with Gasteiger partial charge in [0.05, 0.1) is 5.92 Å². The number of aromatic hydroxyl groups is 2. The first-order chi connectivity index (χ1) is 7.06. The van der Waals surface area contributed by atoms with Gasteiger partial charge in [-0.2, -0.15) is 0 Å². The standard InChI is InChI=1S/C10H15NO4/c1-3-4-7(2)10(14)15-11-8(12)5-6-9(11)13/h5-7,12-13H,3-4H2,1-2H3. The van der Waals surface area contributed by atoms with Gasteiger partial charge in [-0.15, -0.1) is 4.73 Å². The molecule has 0 aliphatic carbocycles. The Morgan fingerprint density at radius 3 is 2.47 bits per heavy atom. The van der Waals surface area contributed by atoms with Crippen LogP contribution in [-0.2, 0) is 4.79 Å². The van der Waals surface area contributed by atoms with Crippen molar-refractivity contribution in [3.05, 3.63) is 12.1 Å². The summed E-state index contributed by atoms with van der Waals surface area (Å²) in [6, 6.07) is 2.49. The third-order valence-electron chi connectivity index (χ3n) is 2.10. The van der Waals surface area contributed by atoms with E-state index in [1.807, 2.05) is 6.92 Å². The van der Waals surface area contributed by atoms with Gasteiger partial charge in [0.2, 0.25) is 11.8 Å². The van der Waals surface area contributed by atoms with Crippen molar-refractivity contribution >= 4 is 5.97 Å². The molecule has 0 aliphatic heterocycles. The summed E-state index contributed by atoms with van der Waals surface area (Å²) in [5.74, 6) is -1.33. The van der Waals surface area contributed by atoms with Crippen LogP contribution in [0.4, 0.5) is 0 Å². The van der Waals surface area contributed by atoms with Gasteiger partial charge < -0.3 is 15.1 Å². The molecular formula is C10H15NO4. The molecule has 0 aromatic carbocycles. The van der Waals surface area contributed by atoms with Crippen molar-refractivity contribution in [2.45, 2.75) is 26.7 Å². The highest BCUT2D eigenvalue weighted by Crippen LogP contribution is 2.19. The fourth-order valence-corrected chi connectivity index (χ4v) is 1.23. The van der Waals surface area contributed by atoms with E-state index in [0.717, 1.165) is 6.42 Å². The molecule has 1 aromatic rings. The molecule has 0 spiro atoms. The lowest BCUT2D eigenvalue weighted by molar-refractivity contribution is -0.150. The third kappa shape index (κ3) is 2.65. The molecule has 0 radical (unpaired) electrons. The predicted octanol–water partition coefficient (Wildman–Crippen LogP) is 1.29. The summed E-state index contributed by atoms with van der Waals surface area (Å²) in [6.45, 7) is 3.71. The minimum Gasteiger partial charge on any atom is -0.492 e. The predicted molar refractivity (Wildman–Crippen MR) is 53.4 cm³/mol. The quantitative estimate of drug-likeness (QED) is 0.790. The Bertz CT molecular complexity index is 326. The van der Waals surface area contributed by atoms with Crippen LogP contribution in [0.2, 0.25) is 0 Å². The number of aromatic nitrogens is 1. The van der Waals surface area contributed by atoms with Crippen molar-refractivity contribution in [1.82, 2.24) is 4.73 Å². The summed E-state index contributed by atoms with van der Waals surface area (Å²) in [6.07, 6.45) is 1.58. The molecule has 5 heteroatoms. The van der Waals surface area contributed by atoms with E-state index < -0.39 is 5.97 Å². The monoisotopic (exact) mass is 213 g/mol. The highest BCUT2D eigenvalue weighted by Gasteiger charge is 2.17. The maximum absolute atomic E-state index is 11.4. The molecule has 0 saturated carbocycles. The van der Waals surface area contributed by atoms with E-state index in [1.54, 1.807) is 6.92 Å². The first kappa shape index (κ1) is 11.4. The average molecular weight is 213 g/mol. The lowest BCUT2D eigenvalue weighted by Crippen LogP contribution is -2.24. The molecule has 15 heavy (non-hydrogen) atoms. The average Bonchev–Trinajstić information content (AvgIpc) is 2.49. The van der Waals surface area contributed by atoms with Gasteiger partial charge in [-0.3, -0.25) is 0 Å². The van der Waals surface area contributed by atoms with Crippen LogP contribution in [-0.4, -0.2) is 20.9 Å². The lowest BCUT2D eigenvalue weighted by atomic mass is 10.1. The summed E-state index contributed by atoms with van der Waals surface area (Å²) in [7, 11) is 0. The van der Waals surface area contributed by atoms with Gasteiger partial charge in [0.25, 0.3) is 0 Å². The first-order valence-corrected chi connectivity index (χ1v) is 4.88. The third-order valence-corrected chi connectivity index (χ3v) is 2.10. The Morgan fingerprint density at radius 2 is 2.00 bits per heavy atom. The van der Waals surface area contributed by atoms with Gasteiger partial charge in [0, 0.05) is 12.1 Å². The van der Waals surface area contributed by atoms with E-state index in [-0.39, 0.29) is 17.7 Å². The molecule has 0 amide bonds. The molecule has 0 fully saturated rings. The molecule has 84 valence electrons. The van der Waals surface area contributed by atoms with Crippen molar-refractivity contribution in [3.63, 3.8) is 0 Å². The minimum atomic E-state index is -0.473. The van der Waals surface area contributed by atoms with Gasteiger partial charge in [-0.25, -0.2) is 4.79 Å². The number of nitrogens with zero attached hydrogens (tertiary/aromatic N) is 1. The fraction of sp³-hybridized carbons (Fsp3) is 0.500. The minimum absolute atomic E-state index is 0.254. The smallest absolute Gasteiger partial charge is 0.335 e. The second kappa shape index (κ2) is 4.72. The van der Waals surface area contributed by atoms with E-state index >= 15 is 0 Å². The van der Waals surface area contributed by atoms with E-state index in [9.17, 15) is 15.0 Å². The number of rotatable bonds is 4. The van der Waals surface area contributed by atoms with E-state index in [1.165, 1.54) is 12.1 Å². The highest BCUT2D eigenvalue weighted by atomic mass is 16.7. The Labute approximate surface area is 87.9 Å².